The summed E-state index contributed by atoms with van der Waals surface area (Å²) in [4.78, 5) is 31.7. The van der Waals surface area contributed by atoms with Crippen LogP contribution >= 0.6 is 23.1 Å². The van der Waals surface area contributed by atoms with Gasteiger partial charge in [-0.25, -0.2) is 9.37 Å². The van der Waals surface area contributed by atoms with E-state index in [-0.39, 0.29) is 29.5 Å². The molecular formula is C22H19FN2O2S2. The molecule has 0 spiro atoms. The Morgan fingerprint density at radius 1 is 1.03 bits per heavy atom. The number of imide groups is 1. The third-order valence-corrected chi connectivity index (χ3v) is 7.96. The summed E-state index contributed by atoms with van der Waals surface area (Å²) in [6, 6.07) is 12.1. The fraction of sp³-hybridized carbons (Fsp3) is 0.318. The molecule has 148 valence electrons. The van der Waals surface area contributed by atoms with Crippen LogP contribution in [0.1, 0.15) is 31.2 Å². The van der Waals surface area contributed by atoms with Crippen molar-refractivity contribution < 1.29 is 14.0 Å². The normalized spacial score (nSPS) is 21.8. The minimum Gasteiger partial charge on any atom is -0.274 e. The highest BCUT2D eigenvalue weighted by Crippen LogP contribution is 2.41. The molecule has 2 amide bonds. The molecule has 29 heavy (non-hydrogen) atoms. The predicted octanol–water partition coefficient (Wildman–Crippen LogP) is 5.41. The van der Waals surface area contributed by atoms with Gasteiger partial charge in [0.15, 0.2) is 4.34 Å². The summed E-state index contributed by atoms with van der Waals surface area (Å²) in [5.74, 6) is 0.0888. The fourth-order valence-corrected chi connectivity index (χ4v) is 6.29. The van der Waals surface area contributed by atoms with E-state index < -0.39 is 0 Å². The lowest BCUT2D eigenvalue weighted by atomic mass is 9.81. The van der Waals surface area contributed by atoms with Gasteiger partial charge in [0, 0.05) is 5.75 Å². The molecule has 1 saturated heterocycles. The first-order chi connectivity index (χ1) is 14.1. The number of anilines is 1. The fourth-order valence-electron chi connectivity index (χ4n) is 4.24. The van der Waals surface area contributed by atoms with E-state index >= 15 is 0 Å². The van der Waals surface area contributed by atoms with Crippen LogP contribution in [0.4, 0.5) is 10.1 Å². The molecule has 0 bridgehead atoms. The van der Waals surface area contributed by atoms with Gasteiger partial charge in [-0.1, -0.05) is 36.7 Å². The van der Waals surface area contributed by atoms with Gasteiger partial charge < -0.3 is 0 Å². The summed E-state index contributed by atoms with van der Waals surface area (Å²) in [5.41, 5.74) is 2.55. The molecule has 0 N–H and O–H groups in total. The van der Waals surface area contributed by atoms with E-state index in [2.05, 4.69) is 4.98 Å². The Kier molecular flexibility index (Phi) is 4.87. The van der Waals surface area contributed by atoms with Gasteiger partial charge >= 0.3 is 0 Å². The van der Waals surface area contributed by atoms with Crippen LogP contribution in [-0.4, -0.2) is 16.8 Å². The lowest BCUT2D eigenvalue weighted by Gasteiger charge is -2.19. The average Bonchev–Trinajstić information content (AvgIpc) is 3.26. The third kappa shape index (κ3) is 3.46. The maximum Gasteiger partial charge on any atom is 0.237 e. The number of nitrogens with zero attached hydrogens (tertiary/aromatic N) is 2. The van der Waals surface area contributed by atoms with Crippen molar-refractivity contribution in [2.24, 2.45) is 11.8 Å². The largest absolute Gasteiger partial charge is 0.274 e. The van der Waals surface area contributed by atoms with Crippen LogP contribution in [0, 0.1) is 17.7 Å². The third-order valence-electron chi connectivity index (χ3n) is 5.73. The van der Waals surface area contributed by atoms with Gasteiger partial charge in [-0.3, -0.25) is 14.5 Å². The van der Waals surface area contributed by atoms with Crippen LogP contribution in [-0.2, 0) is 15.3 Å². The van der Waals surface area contributed by atoms with Crippen LogP contribution in [0.2, 0.25) is 0 Å². The molecule has 2 fully saturated rings. The van der Waals surface area contributed by atoms with Crippen molar-refractivity contribution in [1.29, 1.82) is 0 Å². The topological polar surface area (TPSA) is 50.3 Å². The number of hydrogen-bond acceptors (Lipinski definition) is 5. The van der Waals surface area contributed by atoms with Gasteiger partial charge in [-0.05, 0) is 48.7 Å². The Bertz CT molecular complexity index is 1070. The minimum absolute atomic E-state index is 0.0468. The van der Waals surface area contributed by atoms with Crippen LogP contribution in [0.5, 0.6) is 0 Å². The van der Waals surface area contributed by atoms with Crippen LogP contribution in [0.15, 0.2) is 46.8 Å². The minimum atomic E-state index is -0.239. The standard InChI is InChI=1S/C22H19FN2O2S2/c23-14-7-5-13(6-8-14)12-28-22-24-18-10-9-15(11-19(18)29-22)25-20(26)16-3-1-2-4-17(16)21(25)27/h5-11,16-17H,1-4,12H2/t16-,17-/m1/s1. The number of thiazole rings is 1. The summed E-state index contributed by atoms with van der Waals surface area (Å²) in [7, 11) is 0. The zero-order chi connectivity index (χ0) is 20.0. The van der Waals surface area contributed by atoms with Crippen molar-refractivity contribution in [2.45, 2.75) is 35.8 Å². The van der Waals surface area contributed by atoms with E-state index in [0.29, 0.717) is 11.4 Å². The molecule has 4 nitrogen and oxygen atoms in total. The number of benzene rings is 2. The number of thioether (sulfide) groups is 1. The first kappa shape index (κ1) is 18.8. The molecule has 1 aliphatic carbocycles. The van der Waals surface area contributed by atoms with Gasteiger partial charge in [0.1, 0.15) is 5.82 Å². The summed E-state index contributed by atoms with van der Waals surface area (Å²) in [6.45, 7) is 0. The number of fused-ring (bicyclic) bond motifs is 2. The molecule has 7 heteroatoms. The van der Waals surface area contributed by atoms with E-state index in [1.165, 1.54) is 17.0 Å². The van der Waals surface area contributed by atoms with Crippen molar-refractivity contribution in [2.75, 3.05) is 4.90 Å². The molecule has 2 heterocycles. The van der Waals surface area contributed by atoms with Crippen LogP contribution < -0.4 is 4.90 Å². The lowest BCUT2D eigenvalue weighted by molar-refractivity contribution is -0.122. The molecule has 5 rings (SSSR count). The molecule has 0 unspecified atom stereocenters. The highest BCUT2D eigenvalue weighted by atomic mass is 32.2. The van der Waals surface area contributed by atoms with Crippen molar-refractivity contribution in [1.82, 2.24) is 4.98 Å². The SMILES string of the molecule is O=C1[C@@H]2CCCC[C@H]2C(=O)N1c1ccc2nc(SCc3ccc(F)cc3)sc2c1. The molecule has 1 aliphatic heterocycles. The average molecular weight is 427 g/mol. The first-order valence-electron chi connectivity index (χ1n) is 9.76. The quantitative estimate of drug-likeness (QED) is 0.414. The highest BCUT2D eigenvalue weighted by molar-refractivity contribution is 8.00. The molecule has 0 radical (unpaired) electrons. The Labute approximate surface area is 176 Å². The van der Waals surface area contributed by atoms with Crippen molar-refractivity contribution >= 4 is 50.8 Å². The molecular weight excluding hydrogens is 407 g/mol. The summed E-state index contributed by atoms with van der Waals surface area (Å²) in [5, 5.41) is 0. The number of carbonyl (C=O) groups excluding carboxylic acids is 2. The maximum atomic E-state index is 13.0. The number of carbonyl (C=O) groups is 2. The van der Waals surface area contributed by atoms with E-state index in [4.69, 9.17) is 0 Å². The van der Waals surface area contributed by atoms with Crippen molar-refractivity contribution in [3.63, 3.8) is 0 Å². The summed E-state index contributed by atoms with van der Waals surface area (Å²) in [6.07, 6.45) is 3.69. The predicted molar refractivity (Wildman–Crippen MR) is 114 cm³/mol. The molecule has 1 saturated carbocycles. The van der Waals surface area contributed by atoms with Gasteiger partial charge in [0.25, 0.3) is 0 Å². The number of hydrogen-bond donors (Lipinski definition) is 0. The van der Waals surface area contributed by atoms with E-state index in [0.717, 1.165) is 45.8 Å². The van der Waals surface area contributed by atoms with E-state index in [1.54, 1.807) is 35.2 Å². The molecule has 3 aromatic rings. The lowest BCUT2D eigenvalue weighted by Crippen LogP contribution is -2.30. The molecule has 1 aromatic heterocycles. The number of halogens is 1. The summed E-state index contributed by atoms with van der Waals surface area (Å²) >= 11 is 3.15. The molecule has 2 atom stereocenters. The maximum absolute atomic E-state index is 13.0. The van der Waals surface area contributed by atoms with Crippen molar-refractivity contribution in [3.8, 4) is 0 Å². The zero-order valence-corrected chi connectivity index (χ0v) is 17.3. The highest BCUT2D eigenvalue weighted by Gasteiger charge is 2.48. The smallest absolute Gasteiger partial charge is 0.237 e. The Morgan fingerprint density at radius 3 is 2.41 bits per heavy atom. The van der Waals surface area contributed by atoms with Crippen LogP contribution in [0.3, 0.4) is 0 Å². The Hall–Kier alpha value is -2.25. The van der Waals surface area contributed by atoms with Gasteiger partial charge in [0.2, 0.25) is 11.8 Å². The van der Waals surface area contributed by atoms with Gasteiger partial charge in [0.05, 0.1) is 27.7 Å². The van der Waals surface area contributed by atoms with E-state index in [1.807, 2.05) is 18.2 Å². The number of rotatable bonds is 4. The first-order valence-corrected chi connectivity index (χ1v) is 11.6. The molecule has 2 aliphatic rings. The van der Waals surface area contributed by atoms with Gasteiger partial charge in [-0.15, -0.1) is 11.3 Å². The van der Waals surface area contributed by atoms with E-state index in [9.17, 15) is 14.0 Å². The monoisotopic (exact) mass is 426 g/mol. The van der Waals surface area contributed by atoms with Gasteiger partial charge in [-0.2, -0.15) is 0 Å². The number of aromatic nitrogens is 1. The Morgan fingerprint density at radius 2 is 1.72 bits per heavy atom. The zero-order valence-electron chi connectivity index (χ0n) is 15.6. The van der Waals surface area contributed by atoms with Crippen molar-refractivity contribution in [3.05, 3.63) is 53.8 Å². The molecule has 2 aromatic carbocycles. The second-order valence-corrected chi connectivity index (χ2v) is 9.81. The second-order valence-electron chi connectivity index (χ2n) is 7.56. The second kappa shape index (κ2) is 7.54. The Balaban J connectivity index is 1.37. The summed E-state index contributed by atoms with van der Waals surface area (Å²) < 4.78 is 14.9. The van der Waals surface area contributed by atoms with Crippen LogP contribution in [0.25, 0.3) is 10.2 Å². The number of amides is 2.